The number of ether oxygens (including phenoxy) is 4. The van der Waals surface area contributed by atoms with Crippen LogP contribution in [0.15, 0.2) is 65.7 Å². The molecule has 0 unspecified atom stereocenters. The second kappa shape index (κ2) is 17.6. The van der Waals surface area contributed by atoms with Gasteiger partial charge in [0, 0.05) is 34.8 Å². The Labute approximate surface area is 294 Å². The molecule has 50 heavy (non-hydrogen) atoms. The number of nitrogens with zero attached hydrogens (tertiary/aromatic N) is 4. The molecule has 1 aliphatic heterocycles. The SMILES string of the molecule is COc1ccc2c(c1)C(c1ccc(Cl)cc1)=N[C@@H](CC(=O)NCCOCCOCCOCCNC(=O)c1ccc(O)c(O)c1)c1nnc(C)n1-2. The molecule has 0 aliphatic carbocycles. The molecule has 4 N–H and O–H groups in total. The molecule has 0 fully saturated rings. The lowest BCUT2D eigenvalue weighted by molar-refractivity contribution is -0.121. The molecule has 0 radical (unpaired) electrons. The van der Waals surface area contributed by atoms with Crippen LogP contribution in [0.3, 0.4) is 0 Å². The minimum Gasteiger partial charge on any atom is -0.504 e. The molecule has 2 amide bonds. The molecular formula is C35H39ClN6O8. The lowest BCUT2D eigenvalue weighted by Crippen LogP contribution is -2.29. The molecule has 3 aromatic carbocycles. The molecule has 15 heteroatoms. The number of phenols is 2. The zero-order valence-electron chi connectivity index (χ0n) is 27.7. The normalized spacial score (nSPS) is 13.5. The van der Waals surface area contributed by atoms with E-state index in [4.69, 9.17) is 35.5 Å². The number of hydrogen-bond donors (Lipinski definition) is 4. The first-order valence-corrected chi connectivity index (χ1v) is 16.4. The maximum atomic E-state index is 13.1. The van der Waals surface area contributed by atoms with Crippen molar-refractivity contribution in [3.63, 3.8) is 0 Å². The summed E-state index contributed by atoms with van der Waals surface area (Å²) in [6.45, 7) is 4.40. The summed E-state index contributed by atoms with van der Waals surface area (Å²) < 4.78 is 24.0. The number of aromatic nitrogens is 3. The average molecular weight is 707 g/mol. The van der Waals surface area contributed by atoms with Crippen LogP contribution in [-0.4, -0.2) is 102 Å². The van der Waals surface area contributed by atoms with Crippen LogP contribution in [0.1, 0.15) is 45.6 Å². The molecular weight excluding hydrogens is 668 g/mol. The highest BCUT2D eigenvalue weighted by atomic mass is 35.5. The van der Waals surface area contributed by atoms with Crippen molar-refractivity contribution in [2.24, 2.45) is 4.99 Å². The van der Waals surface area contributed by atoms with Crippen molar-refractivity contribution in [1.29, 1.82) is 0 Å². The van der Waals surface area contributed by atoms with Crippen molar-refractivity contribution >= 4 is 29.1 Å². The molecule has 5 rings (SSSR count). The monoisotopic (exact) mass is 706 g/mol. The molecule has 14 nitrogen and oxygen atoms in total. The molecule has 0 spiro atoms. The summed E-state index contributed by atoms with van der Waals surface area (Å²) in [7, 11) is 1.61. The summed E-state index contributed by atoms with van der Waals surface area (Å²) in [6, 6.07) is 16.4. The largest absolute Gasteiger partial charge is 0.504 e. The fourth-order valence-corrected chi connectivity index (χ4v) is 5.36. The fourth-order valence-electron chi connectivity index (χ4n) is 5.23. The predicted molar refractivity (Wildman–Crippen MR) is 185 cm³/mol. The number of aromatic hydroxyl groups is 2. The number of carbonyl (C=O) groups excluding carboxylic acids is 2. The van der Waals surface area contributed by atoms with Crippen LogP contribution in [0.5, 0.6) is 17.2 Å². The Morgan fingerprint density at radius 3 is 2.20 bits per heavy atom. The topological polar surface area (TPSA) is 179 Å². The van der Waals surface area contributed by atoms with Gasteiger partial charge in [-0.15, -0.1) is 10.2 Å². The number of nitrogens with one attached hydrogen (secondary N) is 2. The first-order chi connectivity index (χ1) is 24.2. The fraction of sp³-hybridized carbons (Fsp3) is 0.343. The van der Waals surface area contributed by atoms with Crippen molar-refractivity contribution in [2.45, 2.75) is 19.4 Å². The number of amides is 2. The van der Waals surface area contributed by atoms with Gasteiger partial charge in [-0.05, 0) is 55.5 Å². The van der Waals surface area contributed by atoms with Gasteiger partial charge in [-0.1, -0.05) is 23.7 Å². The number of aliphatic imine (C=N–C) groups is 1. The number of halogens is 1. The summed E-state index contributed by atoms with van der Waals surface area (Å²) in [5.74, 6) is 0.652. The third kappa shape index (κ3) is 9.36. The van der Waals surface area contributed by atoms with Crippen LogP contribution in [0.2, 0.25) is 5.02 Å². The number of rotatable bonds is 17. The van der Waals surface area contributed by atoms with Gasteiger partial charge < -0.3 is 39.8 Å². The van der Waals surface area contributed by atoms with E-state index in [9.17, 15) is 19.8 Å². The Balaban J connectivity index is 1.03. The number of phenolic OH excluding ortho intramolecular Hbond substituents is 2. The van der Waals surface area contributed by atoms with Crippen LogP contribution in [0.4, 0.5) is 0 Å². The van der Waals surface area contributed by atoms with Crippen LogP contribution in [-0.2, 0) is 19.0 Å². The van der Waals surface area contributed by atoms with Crippen LogP contribution >= 0.6 is 11.6 Å². The van der Waals surface area contributed by atoms with E-state index in [1.54, 1.807) is 19.2 Å². The Morgan fingerprint density at radius 2 is 1.52 bits per heavy atom. The van der Waals surface area contributed by atoms with E-state index in [2.05, 4.69) is 20.8 Å². The highest BCUT2D eigenvalue weighted by molar-refractivity contribution is 6.30. The van der Waals surface area contributed by atoms with E-state index >= 15 is 0 Å². The van der Waals surface area contributed by atoms with E-state index in [1.165, 1.54) is 18.2 Å². The van der Waals surface area contributed by atoms with Gasteiger partial charge in [-0.25, -0.2) is 0 Å². The second-order valence-corrected chi connectivity index (χ2v) is 11.6. The molecule has 4 aromatic rings. The molecule has 0 saturated heterocycles. The summed E-state index contributed by atoms with van der Waals surface area (Å²) >= 11 is 6.18. The lowest BCUT2D eigenvalue weighted by Gasteiger charge is -2.14. The van der Waals surface area contributed by atoms with E-state index < -0.39 is 6.04 Å². The van der Waals surface area contributed by atoms with Crippen molar-refractivity contribution < 1.29 is 38.7 Å². The van der Waals surface area contributed by atoms with E-state index in [0.29, 0.717) is 67.7 Å². The van der Waals surface area contributed by atoms with Crippen LogP contribution in [0, 0.1) is 6.92 Å². The quantitative estimate of drug-likeness (QED) is 0.0938. The third-order valence-corrected chi connectivity index (χ3v) is 7.96. The zero-order chi connectivity index (χ0) is 35.5. The minimum atomic E-state index is -0.609. The Kier molecular flexibility index (Phi) is 12.8. The molecule has 0 saturated carbocycles. The first-order valence-electron chi connectivity index (χ1n) is 16.0. The third-order valence-electron chi connectivity index (χ3n) is 7.71. The van der Waals surface area contributed by atoms with Crippen LogP contribution in [0.25, 0.3) is 5.69 Å². The second-order valence-electron chi connectivity index (χ2n) is 11.2. The summed E-state index contributed by atoms with van der Waals surface area (Å²) in [5.41, 5.74) is 3.41. The Bertz CT molecular complexity index is 1810. The average Bonchev–Trinajstić information content (AvgIpc) is 3.44. The van der Waals surface area contributed by atoms with Gasteiger partial charge in [0.15, 0.2) is 17.3 Å². The number of hydrogen-bond acceptors (Lipinski definition) is 11. The molecule has 264 valence electrons. The zero-order valence-corrected chi connectivity index (χ0v) is 28.5. The van der Waals surface area contributed by atoms with E-state index in [1.807, 2.05) is 41.8 Å². The molecule has 1 aromatic heterocycles. The Morgan fingerprint density at radius 1 is 0.840 bits per heavy atom. The maximum absolute atomic E-state index is 13.1. The molecule has 2 heterocycles. The molecule has 1 aliphatic rings. The predicted octanol–water partition coefficient (Wildman–Crippen LogP) is 3.53. The maximum Gasteiger partial charge on any atom is 0.251 e. The summed E-state index contributed by atoms with van der Waals surface area (Å²) in [6.07, 6.45) is 0.0491. The van der Waals surface area contributed by atoms with Crippen molar-refractivity contribution in [3.8, 4) is 22.9 Å². The minimum absolute atomic E-state index is 0.0491. The highest BCUT2D eigenvalue weighted by Crippen LogP contribution is 2.34. The smallest absolute Gasteiger partial charge is 0.251 e. The van der Waals surface area contributed by atoms with Gasteiger partial charge in [0.05, 0.1) is 64.6 Å². The highest BCUT2D eigenvalue weighted by Gasteiger charge is 2.30. The van der Waals surface area contributed by atoms with Gasteiger partial charge in [-0.2, -0.15) is 0 Å². The number of aryl methyl sites for hydroxylation is 1. The van der Waals surface area contributed by atoms with E-state index in [0.717, 1.165) is 16.8 Å². The molecule has 1 atom stereocenters. The number of methoxy groups -OCH3 is 1. The standard InChI is InChI=1S/C35H39ClN6O8/c1-22-40-41-34-28(39-33(23-3-6-25(36)7-4-23)27-20-26(47-2)8-9-29(27)42(22)34)21-32(45)37-11-13-48-15-17-50-18-16-49-14-12-38-35(46)24-5-10-30(43)31(44)19-24/h3-10,19-20,28,43-44H,11-18,21H2,1-2H3,(H,37,45)(H,38,46)/t28-/m0/s1. The van der Waals surface area contributed by atoms with Gasteiger partial charge >= 0.3 is 0 Å². The van der Waals surface area contributed by atoms with Gasteiger partial charge in [-0.3, -0.25) is 19.1 Å². The van der Waals surface area contributed by atoms with Crippen LogP contribution < -0.4 is 15.4 Å². The molecule has 0 bridgehead atoms. The number of carbonyl (C=O) groups is 2. The number of benzene rings is 3. The van der Waals surface area contributed by atoms with Crippen molar-refractivity contribution in [1.82, 2.24) is 25.4 Å². The number of fused-ring (bicyclic) bond motifs is 3. The van der Waals surface area contributed by atoms with Crippen molar-refractivity contribution in [3.05, 3.63) is 94.0 Å². The van der Waals surface area contributed by atoms with Gasteiger partial charge in [0.1, 0.15) is 17.6 Å². The first kappa shape index (κ1) is 36.3. The van der Waals surface area contributed by atoms with Crippen molar-refractivity contribution in [2.75, 3.05) is 59.8 Å². The Hall–Kier alpha value is -5.02. The summed E-state index contributed by atoms with van der Waals surface area (Å²) in [4.78, 5) is 30.2. The van der Waals surface area contributed by atoms with E-state index in [-0.39, 0.29) is 48.4 Å². The van der Waals surface area contributed by atoms with Gasteiger partial charge in [0.2, 0.25) is 5.91 Å². The van der Waals surface area contributed by atoms with Gasteiger partial charge in [0.25, 0.3) is 5.91 Å². The summed E-state index contributed by atoms with van der Waals surface area (Å²) in [5, 5.41) is 33.7. The lowest BCUT2D eigenvalue weighted by atomic mass is 10.00.